The van der Waals surface area contributed by atoms with Gasteiger partial charge in [-0.25, -0.2) is 4.79 Å². The lowest BCUT2D eigenvalue weighted by Crippen LogP contribution is -2.51. The lowest BCUT2D eigenvalue weighted by Gasteiger charge is -2.23. The zero-order chi connectivity index (χ0) is 23.4. The van der Waals surface area contributed by atoms with Gasteiger partial charge in [0.05, 0.1) is 6.54 Å². The van der Waals surface area contributed by atoms with Crippen LogP contribution in [0.4, 0.5) is 4.79 Å². The highest BCUT2D eigenvalue weighted by atomic mass is 16.6. The van der Waals surface area contributed by atoms with Crippen molar-refractivity contribution in [3.05, 3.63) is 48.0 Å². The molecule has 0 heterocycles. The number of alkyl carbamates (subject to hydrolysis) is 1. The molecule has 0 aliphatic carbocycles. The number of nitrogens with one attached hydrogen (secondary N) is 4. The zero-order valence-corrected chi connectivity index (χ0v) is 18.5. The van der Waals surface area contributed by atoms with Crippen molar-refractivity contribution in [1.82, 2.24) is 21.3 Å². The van der Waals surface area contributed by atoms with E-state index in [1.165, 1.54) is 0 Å². The molecule has 1 rings (SSSR count). The first kappa shape index (κ1) is 25.7. The van der Waals surface area contributed by atoms with Crippen molar-refractivity contribution in [2.75, 3.05) is 19.6 Å². The maximum atomic E-state index is 12.6. The van der Waals surface area contributed by atoms with E-state index in [0.717, 1.165) is 5.56 Å². The van der Waals surface area contributed by atoms with Crippen LogP contribution in [0.3, 0.4) is 0 Å². The summed E-state index contributed by atoms with van der Waals surface area (Å²) in [5, 5.41) is 10.2. The molecule has 170 valence electrons. The highest BCUT2D eigenvalue weighted by Gasteiger charge is 2.25. The first-order valence-corrected chi connectivity index (χ1v) is 9.99. The van der Waals surface area contributed by atoms with Gasteiger partial charge in [0.2, 0.25) is 17.7 Å². The summed E-state index contributed by atoms with van der Waals surface area (Å²) in [6.45, 7) is 10.4. The van der Waals surface area contributed by atoms with E-state index in [-0.39, 0.29) is 32.0 Å². The van der Waals surface area contributed by atoms with Crippen molar-refractivity contribution in [2.45, 2.75) is 45.8 Å². The fourth-order valence-corrected chi connectivity index (χ4v) is 2.39. The predicted molar refractivity (Wildman–Crippen MR) is 117 cm³/mol. The van der Waals surface area contributed by atoms with Crippen LogP contribution >= 0.6 is 0 Å². The second kappa shape index (κ2) is 12.4. The molecule has 0 fully saturated rings. The fourth-order valence-electron chi connectivity index (χ4n) is 2.39. The van der Waals surface area contributed by atoms with Crippen LogP contribution in [0.2, 0.25) is 0 Å². The minimum absolute atomic E-state index is 0.206. The molecule has 0 saturated carbocycles. The third kappa shape index (κ3) is 11.4. The van der Waals surface area contributed by atoms with Gasteiger partial charge in [-0.1, -0.05) is 36.9 Å². The van der Waals surface area contributed by atoms with Gasteiger partial charge in [-0.15, -0.1) is 0 Å². The molecule has 0 bridgehead atoms. The van der Waals surface area contributed by atoms with Gasteiger partial charge < -0.3 is 26.0 Å². The smallest absolute Gasteiger partial charge is 0.408 e. The molecular formula is C22H32N4O5. The van der Waals surface area contributed by atoms with Crippen LogP contribution in [0.15, 0.2) is 42.5 Å². The number of carbonyl (C=O) groups excluding carboxylic acids is 4. The summed E-state index contributed by atoms with van der Waals surface area (Å²) in [5.41, 5.74) is 0.508. The molecule has 0 aliphatic heterocycles. The van der Waals surface area contributed by atoms with Gasteiger partial charge in [0.1, 0.15) is 11.6 Å². The van der Waals surface area contributed by atoms with Gasteiger partial charge >= 0.3 is 6.09 Å². The highest BCUT2D eigenvalue weighted by molar-refractivity contribution is 5.92. The Kier molecular flexibility index (Phi) is 10.2. The predicted octanol–water partition coefficient (Wildman–Crippen LogP) is 1.05. The summed E-state index contributed by atoms with van der Waals surface area (Å²) in [6, 6.07) is 8.27. The molecule has 9 nitrogen and oxygen atoms in total. The lowest BCUT2D eigenvalue weighted by molar-refractivity contribution is -0.127. The Morgan fingerprint density at radius 1 is 1.00 bits per heavy atom. The number of benzene rings is 1. The summed E-state index contributed by atoms with van der Waals surface area (Å²) in [7, 11) is 0. The van der Waals surface area contributed by atoms with Crippen molar-refractivity contribution in [1.29, 1.82) is 0 Å². The van der Waals surface area contributed by atoms with Gasteiger partial charge in [-0.05, 0) is 33.3 Å². The highest BCUT2D eigenvalue weighted by Crippen LogP contribution is 2.08. The Morgan fingerprint density at radius 3 is 2.19 bits per heavy atom. The van der Waals surface area contributed by atoms with Gasteiger partial charge in [-0.2, -0.15) is 0 Å². The van der Waals surface area contributed by atoms with E-state index in [1.807, 2.05) is 30.3 Å². The first-order chi connectivity index (χ1) is 14.5. The van der Waals surface area contributed by atoms with Crippen LogP contribution < -0.4 is 21.3 Å². The Bertz CT molecular complexity index is 787. The largest absolute Gasteiger partial charge is 0.444 e. The molecule has 9 heteroatoms. The summed E-state index contributed by atoms with van der Waals surface area (Å²) in [5.74, 6) is -1.23. The quantitative estimate of drug-likeness (QED) is 0.325. The molecule has 1 unspecified atom stereocenters. The van der Waals surface area contributed by atoms with Crippen molar-refractivity contribution >= 4 is 23.8 Å². The van der Waals surface area contributed by atoms with Crippen LogP contribution in [0.25, 0.3) is 0 Å². The van der Waals surface area contributed by atoms with Crippen LogP contribution in [-0.4, -0.2) is 55.1 Å². The van der Waals surface area contributed by atoms with Crippen LogP contribution in [0, 0.1) is 0 Å². The van der Waals surface area contributed by atoms with E-state index in [4.69, 9.17) is 4.74 Å². The second-order valence-corrected chi connectivity index (χ2v) is 7.99. The maximum absolute atomic E-state index is 12.6. The van der Waals surface area contributed by atoms with Crippen LogP contribution in [-0.2, 0) is 25.5 Å². The summed E-state index contributed by atoms with van der Waals surface area (Å²) in [6.07, 6.45) is -0.484. The van der Waals surface area contributed by atoms with E-state index >= 15 is 0 Å². The molecule has 0 saturated heterocycles. The van der Waals surface area contributed by atoms with Crippen LogP contribution in [0.1, 0.15) is 33.3 Å². The van der Waals surface area contributed by atoms with E-state index < -0.39 is 29.6 Å². The first-order valence-electron chi connectivity index (χ1n) is 9.99. The zero-order valence-electron chi connectivity index (χ0n) is 18.5. The molecule has 4 N–H and O–H groups in total. The fraction of sp³-hybridized carbons (Fsp3) is 0.455. The number of hydrogen-bond donors (Lipinski definition) is 4. The molecule has 1 atom stereocenters. The van der Waals surface area contributed by atoms with E-state index in [2.05, 4.69) is 27.8 Å². The monoisotopic (exact) mass is 432 g/mol. The van der Waals surface area contributed by atoms with Crippen LogP contribution in [0.5, 0.6) is 0 Å². The molecule has 0 spiro atoms. The second-order valence-electron chi connectivity index (χ2n) is 7.99. The SMILES string of the molecule is C=C(C)C(=O)NCCNC(=O)CNC(=O)C(Cc1ccccc1)NC(=O)OC(C)(C)C. The molecule has 0 aromatic heterocycles. The normalized spacial score (nSPS) is 11.6. The average molecular weight is 433 g/mol. The Morgan fingerprint density at radius 2 is 1.61 bits per heavy atom. The molecule has 1 aromatic carbocycles. The molecular weight excluding hydrogens is 400 g/mol. The summed E-state index contributed by atoms with van der Waals surface area (Å²) in [4.78, 5) is 48.1. The molecule has 4 amide bonds. The maximum Gasteiger partial charge on any atom is 0.408 e. The molecule has 0 radical (unpaired) electrons. The minimum atomic E-state index is -0.917. The van der Waals surface area contributed by atoms with E-state index in [0.29, 0.717) is 5.57 Å². The number of carbonyl (C=O) groups is 4. The minimum Gasteiger partial charge on any atom is -0.444 e. The van der Waals surface area contributed by atoms with Crippen molar-refractivity contribution < 1.29 is 23.9 Å². The number of ether oxygens (including phenoxy) is 1. The Hall–Kier alpha value is -3.36. The van der Waals surface area contributed by atoms with Crippen molar-refractivity contribution in [2.24, 2.45) is 0 Å². The molecule has 1 aromatic rings. The Labute approximate surface area is 183 Å². The Balaban J connectivity index is 2.57. The van der Waals surface area contributed by atoms with E-state index in [9.17, 15) is 19.2 Å². The molecule has 31 heavy (non-hydrogen) atoms. The van der Waals surface area contributed by atoms with Crippen molar-refractivity contribution in [3.8, 4) is 0 Å². The van der Waals surface area contributed by atoms with E-state index in [1.54, 1.807) is 27.7 Å². The van der Waals surface area contributed by atoms with Gasteiger partial charge in [0, 0.05) is 25.1 Å². The average Bonchev–Trinajstić information content (AvgIpc) is 2.68. The number of hydrogen-bond acceptors (Lipinski definition) is 5. The van der Waals surface area contributed by atoms with Gasteiger partial charge in [-0.3, -0.25) is 14.4 Å². The topological polar surface area (TPSA) is 126 Å². The van der Waals surface area contributed by atoms with Gasteiger partial charge in [0.15, 0.2) is 0 Å². The number of rotatable bonds is 10. The molecule has 0 aliphatic rings. The van der Waals surface area contributed by atoms with Gasteiger partial charge in [0.25, 0.3) is 0 Å². The summed E-state index contributed by atoms with van der Waals surface area (Å²) < 4.78 is 5.23. The standard InChI is InChI=1S/C22H32N4O5/c1-15(2)19(28)24-12-11-23-18(27)14-25-20(29)17(13-16-9-7-6-8-10-16)26-21(30)31-22(3,4)5/h6-10,17H,1,11-14H2,2-5H3,(H,23,27)(H,24,28)(H,25,29)(H,26,30). The number of amides is 4. The lowest BCUT2D eigenvalue weighted by atomic mass is 10.1. The van der Waals surface area contributed by atoms with Crippen molar-refractivity contribution in [3.63, 3.8) is 0 Å². The third-order valence-corrected chi connectivity index (χ3v) is 3.83. The summed E-state index contributed by atoms with van der Waals surface area (Å²) >= 11 is 0. The third-order valence-electron chi connectivity index (χ3n) is 3.83.